The fourth-order valence-electron chi connectivity index (χ4n) is 5.33. The van der Waals surface area contributed by atoms with Crippen molar-refractivity contribution in [1.82, 2.24) is 0 Å². The summed E-state index contributed by atoms with van der Waals surface area (Å²) >= 11 is 0. The van der Waals surface area contributed by atoms with Crippen molar-refractivity contribution in [2.45, 2.75) is 26.3 Å². The van der Waals surface area contributed by atoms with E-state index in [9.17, 15) is 0 Å². The van der Waals surface area contributed by atoms with Gasteiger partial charge in [0.05, 0.1) is 18.2 Å². The van der Waals surface area contributed by atoms with Crippen LogP contribution in [-0.4, -0.2) is 7.11 Å². The van der Waals surface area contributed by atoms with Gasteiger partial charge in [0.15, 0.2) is 18.9 Å². The molecule has 3 nitrogen and oxygen atoms in total. The lowest BCUT2D eigenvalue weighted by atomic mass is 9.86. The van der Waals surface area contributed by atoms with Gasteiger partial charge in [0.25, 0.3) is 0 Å². The molecule has 0 amide bonds. The second-order valence-corrected chi connectivity index (χ2v) is 9.36. The van der Waals surface area contributed by atoms with Gasteiger partial charge in [0.2, 0.25) is 11.4 Å². The quantitative estimate of drug-likeness (QED) is 0.267. The summed E-state index contributed by atoms with van der Waals surface area (Å²) in [6, 6.07) is 28.3. The molecule has 3 heterocycles. The number of benzene rings is 3. The fourth-order valence-corrected chi connectivity index (χ4v) is 5.33. The van der Waals surface area contributed by atoms with E-state index in [0.717, 1.165) is 30.8 Å². The molecule has 0 bridgehead atoms. The van der Waals surface area contributed by atoms with Crippen LogP contribution in [0.15, 0.2) is 91.3 Å². The molecule has 176 valence electrons. The first kappa shape index (κ1) is 22.2. The first-order valence-electron chi connectivity index (χ1n) is 12.6. The number of nitrogens with zero attached hydrogens (tertiary/aromatic N) is 1. The molecule has 0 atom stereocenters. The largest absolute Gasteiger partial charge is 0.497 e. The van der Waals surface area contributed by atoms with Gasteiger partial charge in [0, 0.05) is 30.7 Å². The van der Waals surface area contributed by atoms with Crippen LogP contribution in [0, 0.1) is 0 Å². The summed E-state index contributed by atoms with van der Waals surface area (Å²) < 4.78 is 7.74. The van der Waals surface area contributed by atoms with Gasteiger partial charge in [-0.05, 0) is 63.7 Å². The third kappa shape index (κ3) is 4.07. The first-order valence-corrected chi connectivity index (χ1v) is 12.6. The maximum absolute atomic E-state index is 5.36. The topological polar surface area (TPSA) is 27.2 Å². The lowest BCUT2D eigenvalue weighted by molar-refractivity contribution is -0.687. The maximum atomic E-state index is 5.36. The number of fused-ring (bicyclic) bond motifs is 4. The predicted octanol–water partition coefficient (Wildman–Crippen LogP) is 6.57. The second kappa shape index (κ2) is 9.43. The van der Waals surface area contributed by atoms with Crippen molar-refractivity contribution in [2.24, 2.45) is 0 Å². The highest BCUT2D eigenvalue weighted by Gasteiger charge is 2.29. The number of pyridine rings is 2. The van der Waals surface area contributed by atoms with Gasteiger partial charge in [-0.25, -0.2) is 4.98 Å². The van der Waals surface area contributed by atoms with Crippen molar-refractivity contribution in [3.8, 4) is 28.3 Å². The summed E-state index contributed by atoms with van der Waals surface area (Å²) in [5, 5.41) is 2.39. The number of rotatable bonds is 5. The van der Waals surface area contributed by atoms with Crippen molar-refractivity contribution in [3.63, 3.8) is 0 Å². The maximum Gasteiger partial charge on any atom is 0.213 e. The van der Waals surface area contributed by atoms with Crippen LogP contribution in [0.3, 0.4) is 0 Å². The lowest BCUT2D eigenvalue weighted by Gasteiger charge is -2.19. The van der Waals surface area contributed by atoms with Crippen molar-refractivity contribution in [1.29, 1.82) is 0 Å². The molecule has 0 spiro atoms. The van der Waals surface area contributed by atoms with Gasteiger partial charge >= 0.3 is 0 Å². The number of hydrogen-bond donors (Lipinski definition) is 0. The van der Waals surface area contributed by atoms with Crippen LogP contribution < -0.4 is 14.3 Å². The highest BCUT2D eigenvalue weighted by molar-refractivity contribution is 5.88. The molecular formula is C33H30N2O+2. The first-order chi connectivity index (χ1) is 17.7. The fraction of sp³-hybridized carbons (Fsp3) is 0.152. The number of methoxy groups -OCH3 is 1. The van der Waals surface area contributed by atoms with Crippen LogP contribution in [0.25, 0.3) is 45.4 Å². The van der Waals surface area contributed by atoms with Crippen LogP contribution in [0.2, 0.25) is 0 Å². The third-order valence-corrected chi connectivity index (χ3v) is 7.21. The molecule has 6 rings (SSSR count). The van der Waals surface area contributed by atoms with E-state index in [2.05, 4.69) is 114 Å². The van der Waals surface area contributed by atoms with Crippen LogP contribution >= 0.6 is 0 Å². The highest BCUT2D eigenvalue weighted by atomic mass is 16.5. The molecule has 36 heavy (non-hydrogen) atoms. The van der Waals surface area contributed by atoms with Crippen molar-refractivity contribution < 1.29 is 14.3 Å². The molecule has 2 aromatic heterocycles. The summed E-state index contributed by atoms with van der Waals surface area (Å²) in [5.41, 5.74) is 10.3. The van der Waals surface area contributed by atoms with Crippen LogP contribution in [0.1, 0.15) is 29.2 Å². The van der Waals surface area contributed by atoms with E-state index >= 15 is 0 Å². The molecule has 0 saturated carbocycles. The van der Waals surface area contributed by atoms with Gasteiger partial charge in [-0.15, -0.1) is 0 Å². The van der Waals surface area contributed by atoms with E-state index in [1.807, 2.05) is 6.07 Å². The summed E-state index contributed by atoms with van der Waals surface area (Å²) in [5.74, 6) is 0.884. The molecule has 0 saturated heterocycles. The van der Waals surface area contributed by atoms with Gasteiger partial charge in [-0.2, -0.15) is 4.57 Å². The Kier molecular flexibility index (Phi) is 5.82. The number of hydrogen-bond acceptors (Lipinski definition) is 1. The molecule has 3 aromatic carbocycles. The Balaban J connectivity index is 1.39. The Hall–Kier alpha value is -4.24. The van der Waals surface area contributed by atoms with Crippen LogP contribution in [0.4, 0.5) is 0 Å². The number of aromatic nitrogens is 2. The standard InChI is InChI=1S/C33H29N2O/c1-3-25-11-12-26-16-19-35-18-5-4-6-31(35)33(26)32(25)30-21-24(15-17-34-30)8-7-23-9-10-28-22-29(36-2)14-13-27(28)20-23/h4-15,17-18,20-22H,3,16,19H2,1-2H3/q+1/p+1/b8-7+. The smallest absolute Gasteiger partial charge is 0.213 e. The van der Waals surface area contributed by atoms with E-state index in [4.69, 9.17) is 4.74 Å². The summed E-state index contributed by atoms with van der Waals surface area (Å²) in [7, 11) is 1.70. The molecular weight excluding hydrogens is 440 g/mol. The number of nitrogens with one attached hydrogen (secondary N) is 1. The van der Waals surface area contributed by atoms with Crippen LogP contribution in [-0.2, 0) is 19.4 Å². The predicted molar refractivity (Wildman–Crippen MR) is 147 cm³/mol. The SMILES string of the molecule is CCc1ccc2c(c1-c1cc(/C=C/c3ccc4cc(OC)ccc4c3)cc[nH+]1)-c1cccc[n+]1CC2. The Morgan fingerprint density at radius 1 is 0.861 bits per heavy atom. The average molecular weight is 471 g/mol. The van der Waals surface area contributed by atoms with Crippen molar-refractivity contribution >= 4 is 22.9 Å². The molecule has 1 aliphatic heterocycles. The van der Waals surface area contributed by atoms with Gasteiger partial charge in [-0.3, -0.25) is 0 Å². The van der Waals surface area contributed by atoms with E-state index < -0.39 is 0 Å². The molecule has 0 unspecified atom stereocenters. The van der Waals surface area contributed by atoms with E-state index in [1.165, 1.54) is 49.8 Å². The van der Waals surface area contributed by atoms with E-state index in [1.54, 1.807) is 7.11 Å². The minimum atomic E-state index is 0.884. The van der Waals surface area contributed by atoms with E-state index in [0.29, 0.717) is 0 Å². The Labute approximate surface area is 212 Å². The number of ether oxygens (including phenoxy) is 1. The number of H-pyrrole nitrogens is 1. The minimum Gasteiger partial charge on any atom is -0.497 e. The lowest BCUT2D eigenvalue weighted by Crippen LogP contribution is -2.40. The molecule has 0 radical (unpaired) electrons. The van der Waals surface area contributed by atoms with Crippen LogP contribution in [0.5, 0.6) is 5.75 Å². The summed E-state index contributed by atoms with van der Waals surface area (Å²) in [4.78, 5) is 3.56. The summed E-state index contributed by atoms with van der Waals surface area (Å²) in [6.45, 7) is 3.27. The number of aryl methyl sites for hydroxylation is 3. The second-order valence-electron chi connectivity index (χ2n) is 9.36. The molecule has 0 aliphatic carbocycles. The van der Waals surface area contributed by atoms with Gasteiger partial charge in [0.1, 0.15) is 5.75 Å². The third-order valence-electron chi connectivity index (χ3n) is 7.21. The van der Waals surface area contributed by atoms with Crippen molar-refractivity contribution in [2.75, 3.05) is 7.11 Å². The monoisotopic (exact) mass is 470 g/mol. The normalized spacial score (nSPS) is 12.5. The van der Waals surface area contributed by atoms with Gasteiger partial charge < -0.3 is 4.74 Å². The molecule has 1 aliphatic rings. The van der Waals surface area contributed by atoms with Crippen molar-refractivity contribution in [3.05, 3.63) is 114 Å². The zero-order valence-electron chi connectivity index (χ0n) is 20.8. The Morgan fingerprint density at radius 2 is 1.69 bits per heavy atom. The summed E-state index contributed by atoms with van der Waals surface area (Å²) in [6.07, 6.45) is 10.7. The minimum absolute atomic E-state index is 0.884. The van der Waals surface area contributed by atoms with E-state index in [-0.39, 0.29) is 0 Å². The molecule has 1 N–H and O–H groups in total. The zero-order valence-corrected chi connectivity index (χ0v) is 20.8. The zero-order chi connectivity index (χ0) is 24.5. The average Bonchev–Trinajstić information content (AvgIpc) is 2.95. The number of aromatic amines is 1. The Bertz CT molecular complexity index is 1620. The Morgan fingerprint density at radius 3 is 2.56 bits per heavy atom. The molecule has 3 heteroatoms. The highest BCUT2D eigenvalue weighted by Crippen LogP contribution is 2.37. The molecule has 5 aromatic rings. The van der Waals surface area contributed by atoms with Gasteiger partial charge in [-0.1, -0.05) is 49.4 Å². The molecule has 0 fully saturated rings.